The van der Waals surface area contributed by atoms with Crippen LogP contribution in [0.3, 0.4) is 0 Å². The minimum absolute atomic E-state index is 0.0193. The molecule has 2 aliphatic heterocycles. The van der Waals surface area contributed by atoms with Crippen LogP contribution in [0.15, 0.2) is 67.7 Å². The number of benzene rings is 2. The van der Waals surface area contributed by atoms with Crippen LogP contribution < -0.4 is 30.8 Å². The largest absolute Gasteiger partial charge is 0.496 e. The van der Waals surface area contributed by atoms with Gasteiger partial charge in [0.25, 0.3) is 5.56 Å². The molecule has 3 unspecified atom stereocenters. The predicted molar refractivity (Wildman–Crippen MR) is 170 cm³/mol. The van der Waals surface area contributed by atoms with E-state index in [-0.39, 0.29) is 57.0 Å². The van der Waals surface area contributed by atoms with Gasteiger partial charge in [0.05, 0.1) is 25.7 Å². The number of fused-ring (bicyclic) bond motifs is 2. The zero-order valence-electron chi connectivity index (χ0n) is 25.3. The zero-order chi connectivity index (χ0) is 32.8. The van der Waals surface area contributed by atoms with E-state index in [4.69, 9.17) is 41.8 Å². The van der Waals surface area contributed by atoms with E-state index in [1.54, 1.807) is 43.3 Å². The van der Waals surface area contributed by atoms with Crippen LogP contribution >= 0.6 is 23.2 Å². The van der Waals surface area contributed by atoms with Crippen LogP contribution in [-0.4, -0.2) is 40.5 Å². The van der Waals surface area contributed by atoms with Crippen LogP contribution in [0.1, 0.15) is 40.9 Å². The molecular formula is C33H27Cl2N3O8. The maximum absolute atomic E-state index is 15.0. The van der Waals surface area contributed by atoms with Crippen LogP contribution in [0.2, 0.25) is 10.0 Å². The number of Topliss-reactive ketones (excluding diaryl/α,β-unsaturated/α-hetero) is 2. The van der Waals surface area contributed by atoms with Crippen LogP contribution in [0.4, 0.5) is 5.82 Å². The summed E-state index contributed by atoms with van der Waals surface area (Å²) in [5, 5.41) is 3.76. The van der Waals surface area contributed by atoms with Gasteiger partial charge in [0, 0.05) is 47.9 Å². The number of hydrogen-bond acceptors (Lipinski definition) is 9. The van der Waals surface area contributed by atoms with Crippen molar-refractivity contribution < 1.29 is 28.2 Å². The zero-order valence-corrected chi connectivity index (χ0v) is 26.8. The molecule has 0 amide bonds. The molecule has 236 valence electrons. The number of halogens is 2. The number of nitrogens with zero attached hydrogens (tertiary/aromatic N) is 2. The molecule has 2 aromatic carbocycles. The Morgan fingerprint density at radius 2 is 1.63 bits per heavy atom. The summed E-state index contributed by atoms with van der Waals surface area (Å²) >= 11 is 12.7. The first-order chi connectivity index (χ1) is 21.9. The van der Waals surface area contributed by atoms with Crippen molar-refractivity contribution in [2.45, 2.75) is 24.9 Å². The normalized spacial score (nSPS) is 21.5. The molecule has 13 heteroatoms. The molecule has 0 fully saturated rings. The molecule has 4 heterocycles. The molecule has 4 aromatic rings. The fraction of sp³-hybridized carbons (Fsp3) is 0.273. The van der Waals surface area contributed by atoms with Gasteiger partial charge < -0.3 is 23.9 Å². The van der Waals surface area contributed by atoms with Gasteiger partial charge in [0.15, 0.2) is 5.75 Å². The van der Waals surface area contributed by atoms with Crippen molar-refractivity contribution in [2.75, 3.05) is 19.5 Å². The minimum Gasteiger partial charge on any atom is -0.496 e. The number of ketones is 2. The van der Waals surface area contributed by atoms with E-state index in [2.05, 4.69) is 5.32 Å². The molecule has 2 aromatic heterocycles. The quantitative estimate of drug-likeness (QED) is 0.296. The van der Waals surface area contributed by atoms with Gasteiger partial charge in [-0.05, 0) is 42.8 Å². The number of carbonyl (C=O) groups excluding carboxylic acids is 2. The van der Waals surface area contributed by atoms with E-state index < -0.39 is 40.3 Å². The van der Waals surface area contributed by atoms with Crippen molar-refractivity contribution in [3.63, 3.8) is 0 Å². The number of aromatic nitrogens is 2. The van der Waals surface area contributed by atoms with Crippen molar-refractivity contribution in [3.05, 3.63) is 102 Å². The third kappa shape index (κ3) is 3.91. The topological polar surface area (TPSA) is 131 Å². The summed E-state index contributed by atoms with van der Waals surface area (Å²) in [4.78, 5) is 56.3. The summed E-state index contributed by atoms with van der Waals surface area (Å²) in [7, 11) is 5.70. The molecule has 0 saturated heterocycles. The summed E-state index contributed by atoms with van der Waals surface area (Å²) in [5.41, 5.74) is -1.79. The summed E-state index contributed by atoms with van der Waals surface area (Å²) in [6.45, 7) is 1.73. The maximum Gasteiger partial charge on any atom is 0.332 e. The van der Waals surface area contributed by atoms with Crippen LogP contribution in [0, 0.1) is 5.92 Å². The van der Waals surface area contributed by atoms with Crippen molar-refractivity contribution in [2.24, 2.45) is 20.0 Å². The average molecular weight is 664 g/mol. The Labute approximate surface area is 271 Å². The number of rotatable bonds is 4. The van der Waals surface area contributed by atoms with E-state index in [0.29, 0.717) is 22.0 Å². The Morgan fingerprint density at radius 1 is 0.935 bits per heavy atom. The van der Waals surface area contributed by atoms with Crippen molar-refractivity contribution in [3.8, 4) is 28.6 Å². The second-order valence-corrected chi connectivity index (χ2v) is 12.3. The van der Waals surface area contributed by atoms with Gasteiger partial charge in [-0.25, -0.2) is 4.79 Å². The molecule has 3 atom stereocenters. The van der Waals surface area contributed by atoms with Crippen LogP contribution in [0.5, 0.6) is 17.2 Å². The van der Waals surface area contributed by atoms with Crippen LogP contribution in [-0.2, 0) is 18.9 Å². The van der Waals surface area contributed by atoms with Crippen molar-refractivity contribution >= 4 is 40.6 Å². The van der Waals surface area contributed by atoms with E-state index in [9.17, 15) is 14.4 Å². The number of ether oxygens (including phenoxy) is 3. The second-order valence-electron chi connectivity index (χ2n) is 11.5. The molecule has 7 rings (SSSR count). The Hall–Kier alpha value is -4.74. The highest BCUT2D eigenvalue weighted by Crippen LogP contribution is 2.56. The number of carbonyl (C=O) groups is 2. The lowest BCUT2D eigenvalue weighted by Gasteiger charge is -2.42. The van der Waals surface area contributed by atoms with Gasteiger partial charge in [0.2, 0.25) is 17.2 Å². The molecule has 46 heavy (non-hydrogen) atoms. The summed E-state index contributed by atoms with van der Waals surface area (Å²) in [6.07, 6.45) is 0.155. The highest BCUT2D eigenvalue weighted by Gasteiger charge is 2.64. The standard InChI is InChI=1S/C33H27Cl2N3O8/c1-14-12-17-22(28(39)33(14)29(40)24-20(43-4)13-21(44-5)26(35)27(24)46-33)23(25-30(36-17)37(2)32(42)38(3)31(25)41)19-11-10-18(45-19)15-6-8-16(34)9-7-15/h6-11,13-14,23,36H,12H2,1-5H3. The molecule has 11 nitrogen and oxygen atoms in total. The van der Waals surface area contributed by atoms with Gasteiger partial charge >= 0.3 is 5.69 Å². The third-order valence-electron chi connectivity index (χ3n) is 9.12. The Balaban J connectivity index is 1.45. The number of furan rings is 1. The molecule has 0 radical (unpaired) electrons. The summed E-state index contributed by atoms with van der Waals surface area (Å²) in [5.74, 6) is -1.80. The summed E-state index contributed by atoms with van der Waals surface area (Å²) < 4.78 is 25.9. The highest BCUT2D eigenvalue weighted by molar-refractivity contribution is 6.36. The fourth-order valence-electron chi connectivity index (χ4n) is 6.75. The number of hydrogen-bond donors (Lipinski definition) is 1. The first-order valence-electron chi connectivity index (χ1n) is 14.3. The number of allylic oxidation sites excluding steroid dienone is 1. The van der Waals surface area contributed by atoms with Gasteiger partial charge in [-0.1, -0.05) is 30.1 Å². The SMILES string of the molecule is COc1cc(OC)c2c(c1Cl)OC1(C(=O)C3=C(CC1C)Nc1c(c(=O)n(C)c(=O)n1C)C3c1ccc(-c3ccc(Cl)cc3)o1)C2=O. The molecule has 1 aliphatic carbocycles. The lowest BCUT2D eigenvalue weighted by atomic mass is 9.66. The fourth-order valence-corrected chi connectivity index (χ4v) is 7.14. The molecule has 1 N–H and O–H groups in total. The van der Waals surface area contributed by atoms with Gasteiger partial charge in [-0.15, -0.1) is 0 Å². The molecule has 3 aliphatic rings. The lowest BCUT2D eigenvalue weighted by Crippen LogP contribution is -2.58. The molecule has 0 bridgehead atoms. The second kappa shape index (κ2) is 10.4. The number of anilines is 1. The molecular weight excluding hydrogens is 637 g/mol. The number of nitrogens with one attached hydrogen (secondary N) is 1. The van der Waals surface area contributed by atoms with E-state index in [0.717, 1.165) is 4.57 Å². The van der Waals surface area contributed by atoms with E-state index in [1.165, 1.54) is 38.9 Å². The van der Waals surface area contributed by atoms with Crippen molar-refractivity contribution in [1.29, 1.82) is 0 Å². The van der Waals surface area contributed by atoms with E-state index >= 15 is 4.79 Å². The monoisotopic (exact) mass is 663 g/mol. The minimum atomic E-state index is -2.03. The summed E-state index contributed by atoms with van der Waals surface area (Å²) in [6, 6.07) is 11.9. The Morgan fingerprint density at radius 3 is 2.30 bits per heavy atom. The average Bonchev–Trinajstić information content (AvgIpc) is 3.66. The lowest BCUT2D eigenvalue weighted by molar-refractivity contribution is -0.130. The third-order valence-corrected chi connectivity index (χ3v) is 9.73. The first-order valence-corrected chi connectivity index (χ1v) is 15.1. The Kier molecular flexibility index (Phi) is 6.77. The van der Waals surface area contributed by atoms with Gasteiger partial charge in [-0.3, -0.25) is 23.5 Å². The predicted octanol–water partition coefficient (Wildman–Crippen LogP) is 5.10. The number of methoxy groups -OCH3 is 2. The molecule has 1 spiro atoms. The van der Waals surface area contributed by atoms with Crippen LogP contribution in [0.25, 0.3) is 11.3 Å². The maximum atomic E-state index is 15.0. The Bertz CT molecular complexity index is 2160. The van der Waals surface area contributed by atoms with Crippen molar-refractivity contribution in [1.82, 2.24) is 9.13 Å². The smallest absolute Gasteiger partial charge is 0.332 e. The van der Waals surface area contributed by atoms with Gasteiger partial charge in [0.1, 0.15) is 39.4 Å². The van der Waals surface area contributed by atoms with Gasteiger partial charge in [-0.2, -0.15) is 0 Å². The van der Waals surface area contributed by atoms with E-state index in [1.807, 2.05) is 0 Å². The molecule has 0 saturated carbocycles. The highest BCUT2D eigenvalue weighted by atomic mass is 35.5. The first kappa shape index (κ1) is 29.9.